The Morgan fingerprint density at radius 1 is 1.00 bits per heavy atom. The van der Waals surface area contributed by atoms with Crippen molar-refractivity contribution >= 4 is 5.69 Å². The quantitative estimate of drug-likeness (QED) is 0.935. The second-order valence-electron chi connectivity index (χ2n) is 5.08. The number of hydrogen-bond acceptors (Lipinski definition) is 3. The van der Waals surface area contributed by atoms with Crippen molar-refractivity contribution in [3.63, 3.8) is 0 Å². The van der Waals surface area contributed by atoms with Gasteiger partial charge in [-0.2, -0.15) is 0 Å². The van der Waals surface area contributed by atoms with Crippen molar-refractivity contribution in [1.29, 1.82) is 0 Å². The Bertz CT molecular complexity index is 597. The Morgan fingerprint density at radius 2 is 1.71 bits per heavy atom. The predicted molar refractivity (Wildman–Crippen MR) is 82.3 cm³/mol. The molecule has 0 saturated carbocycles. The molecule has 0 atom stereocenters. The molecule has 110 valence electrons. The lowest BCUT2D eigenvalue weighted by molar-refractivity contribution is 0.290. The molecule has 1 aliphatic heterocycles. The Hall–Kier alpha value is -2.07. The van der Waals surface area contributed by atoms with Gasteiger partial charge in [0.1, 0.15) is 6.61 Å². The molecule has 1 N–H and O–H groups in total. The Balaban J connectivity index is 1.74. The lowest BCUT2D eigenvalue weighted by Gasteiger charge is -2.31. The number of benzene rings is 2. The monoisotopic (exact) mass is 286 g/mol. The Kier molecular flexibility index (Phi) is 4.36. The second-order valence-corrected chi connectivity index (χ2v) is 5.08. The first-order valence-electron chi connectivity index (χ1n) is 7.25. The van der Waals surface area contributed by atoms with Gasteiger partial charge in [0.2, 0.25) is 0 Å². The smallest absolute Gasteiger partial charge is 0.165 e. The highest BCUT2D eigenvalue weighted by Gasteiger charge is 2.14. The molecule has 1 aliphatic rings. The van der Waals surface area contributed by atoms with Gasteiger partial charge < -0.3 is 15.0 Å². The minimum absolute atomic E-state index is 0.299. The molecule has 0 radical (unpaired) electrons. The molecular formula is C17H19FN2O. The van der Waals surface area contributed by atoms with E-state index in [1.165, 1.54) is 11.8 Å². The molecule has 1 fully saturated rings. The third-order valence-corrected chi connectivity index (χ3v) is 3.67. The van der Waals surface area contributed by atoms with Gasteiger partial charge in [-0.25, -0.2) is 4.39 Å². The number of nitrogens with zero attached hydrogens (tertiary/aromatic N) is 1. The van der Waals surface area contributed by atoms with E-state index in [1.54, 1.807) is 18.2 Å². The van der Waals surface area contributed by atoms with Crippen molar-refractivity contribution < 1.29 is 9.13 Å². The van der Waals surface area contributed by atoms with Crippen LogP contribution in [-0.4, -0.2) is 26.2 Å². The molecule has 1 saturated heterocycles. The third-order valence-electron chi connectivity index (χ3n) is 3.67. The summed E-state index contributed by atoms with van der Waals surface area (Å²) in [5.74, 6) is -0.0234. The predicted octanol–water partition coefficient (Wildman–Crippen LogP) is 2.81. The van der Waals surface area contributed by atoms with Crippen LogP contribution in [0, 0.1) is 5.82 Å². The van der Waals surface area contributed by atoms with Crippen molar-refractivity contribution in [2.45, 2.75) is 6.61 Å². The molecule has 0 amide bonds. The van der Waals surface area contributed by atoms with Gasteiger partial charge in [-0.3, -0.25) is 0 Å². The van der Waals surface area contributed by atoms with E-state index in [9.17, 15) is 4.39 Å². The molecular weight excluding hydrogens is 267 g/mol. The summed E-state index contributed by atoms with van der Waals surface area (Å²) < 4.78 is 19.2. The fourth-order valence-electron chi connectivity index (χ4n) is 2.56. The molecule has 3 nitrogen and oxygen atoms in total. The Morgan fingerprint density at radius 3 is 2.52 bits per heavy atom. The van der Waals surface area contributed by atoms with Gasteiger partial charge in [0.25, 0.3) is 0 Å². The third kappa shape index (κ3) is 3.34. The molecule has 0 aromatic heterocycles. The van der Waals surface area contributed by atoms with Gasteiger partial charge in [0, 0.05) is 37.4 Å². The van der Waals surface area contributed by atoms with Gasteiger partial charge in [-0.05, 0) is 18.2 Å². The molecule has 21 heavy (non-hydrogen) atoms. The fraction of sp³-hybridized carbons (Fsp3) is 0.294. The van der Waals surface area contributed by atoms with Crippen LogP contribution in [0.3, 0.4) is 0 Å². The minimum Gasteiger partial charge on any atom is -0.486 e. The fourth-order valence-corrected chi connectivity index (χ4v) is 2.56. The van der Waals surface area contributed by atoms with Crippen LogP contribution in [0.25, 0.3) is 0 Å². The van der Waals surface area contributed by atoms with E-state index < -0.39 is 0 Å². The number of halogens is 1. The summed E-state index contributed by atoms with van der Waals surface area (Å²) in [7, 11) is 0. The highest BCUT2D eigenvalue weighted by Crippen LogP contribution is 2.23. The van der Waals surface area contributed by atoms with Crippen LogP contribution in [0.4, 0.5) is 10.1 Å². The van der Waals surface area contributed by atoms with Gasteiger partial charge in [-0.1, -0.05) is 30.3 Å². The summed E-state index contributed by atoms with van der Waals surface area (Å²) in [5.41, 5.74) is 2.26. The van der Waals surface area contributed by atoms with Gasteiger partial charge in [-0.15, -0.1) is 0 Å². The van der Waals surface area contributed by atoms with E-state index in [0.29, 0.717) is 12.4 Å². The number of para-hydroxylation sites is 2. The first-order chi connectivity index (χ1) is 10.3. The lowest BCUT2D eigenvalue weighted by atomic mass is 10.1. The van der Waals surface area contributed by atoms with Gasteiger partial charge in [0.05, 0.1) is 0 Å². The van der Waals surface area contributed by atoms with Crippen LogP contribution in [-0.2, 0) is 6.61 Å². The van der Waals surface area contributed by atoms with Crippen LogP contribution in [0.15, 0.2) is 48.5 Å². The highest BCUT2D eigenvalue weighted by atomic mass is 19.1. The summed E-state index contributed by atoms with van der Waals surface area (Å²) in [5, 5.41) is 3.35. The molecule has 4 heteroatoms. The summed E-state index contributed by atoms with van der Waals surface area (Å²) >= 11 is 0. The van der Waals surface area contributed by atoms with Crippen molar-refractivity contribution in [2.24, 2.45) is 0 Å². The number of rotatable bonds is 4. The molecule has 2 aromatic rings. The standard InChI is InChI=1S/C17H19FN2O/c18-15-6-2-4-8-17(15)21-13-14-5-1-3-7-16(14)20-11-9-19-10-12-20/h1-8,19H,9-13H2. The van der Waals surface area contributed by atoms with Crippen molar-refractivity contribution in [3.05, 3.63) is 59.9 Å². The summed E-state index contributed by atoms with van der Waals surface area (Å²) in [6.45, 7) is 4.32. The number of anilines is 1. The van der Waals surface area contributed by atoms with Crippen molar-refractivity contribution in [3.8, 4) is 5.75 Å². The van der Waals surface area contributed by atoms with E-state index in [1.807, 2.05) is 18.2 Å². The topological polar surface area (TPSA) is 24.5 Å². The van der Waals surface area contributed by atoms with Crippen LogP contribution in [0.5, 0.6) is 5.75 Å². The van der Waals surface area contributed by atoms with Crippen LogP contribution in [0.2, 0.25) is 0 Å². The number of nitrogens with one attached hydrogen (secondary N) is 1. The molecule has 2 aromatic carbocycles. The van der Waals surface area contributed by atoms with Crippen molar-refractivity contribution in [1.82, 2.24) is 5.32 Å². The zero-order valence-electron chi connectivity index (χ0n) is 11.9. The Labute approximate surface area is 124 Å². The van der Waals surface area contributed by atoms with Crippen LogP contribution >= 0.6 is 0 Å². The summed E-state index contributed by atoms with van der Waals surface area (Å²) in [6.07, 6.45) is 0. The van der Waals surface area contributed by atoms with E-state index in [-0.39, 0.29) is 5.82 Å². The van der Waals surface area contributed by atoms with E-state index in [0.717, 1.165) is 31.7 Å². The highest BCUT2D eigenvalue weighted by molar-refractivity contribution is 5.54. The first kappa shape index (κ1) is 13.9. The largest absolute Gasteiger partial charge is 0.486 e. The molecule has 1 heterocycles. The summed E-state index contributed by atoms with van der Waals surface area (Å²) in [6, 6.07) is 14.7. The second kappa shape index (κ2) is 6.59. The van der Waals surface area contributed by atoms with E-state index >= 15 is 0 Å². The van der Waals surface area contributed by atoms with Crippen LogP contribution < -0.4 is 15.0 Å². The van der Waals surface area contributed by atoms with Crippen LogP contribution in [0.1, 0.15) is 5.56 Å². The average molecular weight is 286 g/mol. The van der Waals surface area contributed by atoms with Gasteiger partial charge >= 0.3 is 0 Å². The molecule has 0 bridgehead atoms. The lowest BCUT2D eigenvalue weighted by Crippen LogP contribution is -2.43. The van der Waals surface area contributed by atoms with E-state index in [4.69, 9.17) is 4.74 Å². The van der Waals surface area contributed by atoms with Gasteiger partial charge in [0.15, 0.2) is 11.6 Å². The normalized spacial score (nSPS) is 15.0. The van der Waals surface area contributed by atoms with Crippen molar-refractivity contribution in [2.75, 3.05) is 31.1 Å². The zero-order valence-corrected chi connectivity index (χ0v) is 11.9. The molecule has 0 aliphatic carbocycles. The maximum absolute atomic E-state index is 13.6. The first-order valence-corrected chi connectivity index (χ1v) is 7.25. The summed E-state index contributed by atoms with van der Waals surface area (Å²) in [4.78, 5) is 2.34. The molecule has 0 unspecified atom stereocenters. The average Bonchev–Trinajstić information content (AvgIpc) is 2.55. The van der Waals surface area contributed by atoms with E-state index in [2.05, 4.69) is 16.3 Å². The number of piperazine rings is 1. The zero-order chi connectivity index (χ0) is 14.5. The number of ether oxygens (including phenoxy) is 1. The molecule has 0 spiro atoms. The maximum Gasteiger partial charge on any atom is 0.165 e. The minimum atomic E-state index is -0.322. The SMILES string of the molecule is Fc1ccccc1OCc1ccccc1N1CCNCC1. The number of hydrogen-bond donors (Lipinski definition) is 1. The maximum atomic E-state index is 13.6. The molecule has 3 rings (SSSR count).